The topological polar surface area (TPSA) is 71.1 Å². The van der Waals surface area contributed by atoms with Crippen molar-refractivity contribution in [1.29, 1.82) is 0 Å². The van der Waals surface area contributed by atoms with Gasteiger partial charge >= 0.3 is 5.97 Å². The lowest BCUT2D eigenvalue weighted by Crippen LogP contribution is -2.16. The molecule has 0 radical (unpaired) electrons. The molecule has 0 saturated carbocycles. The molecule has 0 bridgehead atoms. The van der Waals surface area contributed by atoms with Crippen LogP contribution in [0.2, 0.25) is 0 Å². The fraction of sp³-hybridized carbons (Fsp3) is 0.217. The van der Waals surface area contributed by atoms with Crippen molar-refractivity contribution in [3.63, 3.8) is 0 Å². The maximum atomic E-state index is 12.7. The number of ether oxygens (including phenoxy) is 4. The van der Waals surface area contributed by atoms with Crippen molar-refractivity contribution < 1.29 is 28.5 Å². The van der Waals surface area contributed by atoms with E-state index in [2.05, 4.69) is 0 Å². The molecule has 3 aromatic carbocycles. The van der Waals surface area contributed by atoms with Crippen LogP contribution in [-0.2, 0) is 4.79 Å². The first-order valence-corrected chi connectivity index (χ1v) is 9.01. The zero-order valence-electron chi connectivity index (χ0n) is 16.7. The summed E-state index contributed by atoms with van der Waals surface area (Å²) in [5.74, 6) is 0.639. The normalized spacial score (nSPS) is 11.6. The van der Waals surface area contributed by atoms with Gasteiger partial charge in [0.05, 0.1) is 32.8 Å². The quantitative estimate of drug-likeness (QED) is 0.336. The van der Waals surface area contributed by atoms with Crippen LogP contribution < -0.4 is 18.9 Å². The van der Waals surface area contributed by atoms with Gasteiger partial charge in [0.25, 0.3) is 0 Å². The highest BCUT2D eigenvalue weighted by Crippen LogP contribution is 2.34. The van der Waals surface area contributed by atoms with Crippen molar-refractivity contribution in [2.75, 3.05) is 21.3 Å². The molecule has 0 aliphatic rings. The van der Waals surface area contributed by atoms with Gasteiger partial charge in [-0.2, -0.15) is 0 Å². The van der Waals surface area contributed by atoms with Crippen molar-refractivity contribution in [3.05, 3.63) is 59.7 Å². The number of aldehydes is 1. The zero-order chi connectivity index (χ0) is 21.0. The first-order chi connectivity index (χ1) is 14.0. The van der Waals surface area contributed by atoms with Gasteiger partial charge in [0.2, 0.25) is 0 Å². The summed E-state index contributed by atoms with van der Waals surface area (Å²) in [5.41, 5.74) is 1.09. The molecule has 3 rings (SSSR count). The standard InChI is InChI=1S/C23H22O6/c1-14(15-5-6-17-10-18(26-2)8-7-16(17)9-15)23(25)29-19-11-21(27-3)20(13-24)22(12-19)28-4/h5-14H,1-4H3. The van der Waals surface area contributed by atoms with Gasteiger partial charge in [-0.25, -0.2) is 0 Å². The molecule has 0 aromatic heterocycles. The van der Waals surface area contributed by atoms with E-state index in [9.17, 15) is 9.59 Å². The molecule has 0 fully saturated rings. The second-order valence-corrected chi connectivity index (χ2v) is 6.47. The van der Waals surface area contributed by atoms with Crippen molar-refractivity contribution in [3.8, 4) is 23.0 Å². The molecule has 0 spiro atoms. The van der Waals surface area contributed by atoms with Crippen LogP contribution >= 0.6 is 0 Å². The third-order valence-electron chi connectivity index (χ3n) is 4.78. The second kappa shape index (κ2) is 8.65. The Balaban J connectivity index is 1.85. The lowest BCUT2D eigenvalue weighted by atomic mass is 9.98. The van der Waals surface area contributed by atoms with Crippen LogP contribution in [0.5, 0.6) is 23.0 Å². The maximum absolute atomic E-state index is 12.7. The molecule has 1 unspecified atom stereocenters. The summed E-state index contributed by atoms with van der Waals surface area (Å²) in [4.78, 5) is 24.0. The number of hydrogen-bond acceptors (Lipinski definition) is 6. The Bertz CT molecular complexity index is 1030. The molecule has 0 aliphatic heterocycles. The van der Waals surface area contributed by atoms with E-state index >= 15 is 0 Å². The molecule has 3 aromatic rings. The van der Waals surface area contributed by atoms with Gasteiger partial charge < -0.3 is 18.9 Å². The van der Waals surface area contributed by atoms with Crippen LogP contribution in [0.15, 0.2) is 48.5 Å². The first kappa shape index (κ1) is 20.2. The van der Waals surface area contributed by atoms with E-state index in [1.54, 1.807) is 14.0 Å². The van der Waals surface area contributed by atoms with Gasteiger partial charge in [-0.15, -0.1) is 0 Å². The van der Waals surface area contributed by atoms with Gasteiger partial charge in [0.1, 0.15) is 23.0 Å². The number of carbonyl (C=O) groups excluding carboxylic acids is 2. The molecular weight excluding hydrogens is 372 g/mol. The minimum atomic E-state index is -0.496. The number of esters is 1. The molecule has 0 amide bonds. The molecule has 29 heavy (non-hydrogen) atoms. The molecule has 0 N–H and O–H groups in total. The molecule has 6 heteroatoms. The van der Waals surface area contributed by atoms with E-state index in [1.165, 1.54) is 26.4 Å². The van der Waals surface area contributed by atoms with Crippen LogP contribution in [0.1, 0.15) is 28.8 Å². The van der Waals surface area contributed by atoms with Crippen LogP contribution in [0.4, 0.5) is 0 Å². The van der Waals surface area contributed by atoms with Crippen LogP contribution in [-0.4, -0.2) is 33.6 Å². The number of fused-ring (bicyclic) bond motifs is 1. The van der Waals surface area contributed by atoms with Crippen LogP contribution in [0, 0.1) is 0 Å². The first-order valence-electron chi connectivity index (χ1n) is 9.01. The highest BCUT2D eigenvalue weighted by Gasteiger charge is 2.20. The van der Waals surface area contributed by atoms with E-state index in [1.807, 2.05) is 36.4 Å². The van der Waals surface area contributed by atoms with Crippen molar-refractivity contribution in [1.82, 2.24) is 0 Å². The van der Waals surface area contributed by atoms with E-state index in [0.29, 0.717) is 6.29 Å². The third-order valence-corrected chi connectivity index (χ3v) is 4.78. The summed E-state index contributed by atoms with van der Waals surface area (Å²) in [6.45, 7) is 1.78. The van der Waals surface area contributed by atoms with Crippen molar-refractivity contribution in [2.45, 2.75) is 12.8 Å². The van der Waals surface area contributed by atoms with E-state index < -0.39 is 11.9 Å². The summed E-state index contributed by atoms with van der Waals surface area (Å²) < 4.78 is 21.2. The Morgan fingerprint density at radius 3 is 2.03 bits per heavy atom. The summed E-state index contributed by atoms with van der Waals surface area (Å²) >= 11 is 0. The average molecular weight is 394 g/mol. The molecule has 0 heterocycles. The van der Waals surface area contributed by atoms with E-state index in [4.69, 9.17) is 18.9 Å². The number of benzene rings is 3. The highest BCUT2D eigenvalue weighted by atomic mass is 16.5. The zero-order valence-corrected chi connectivity index (χ0v) is 16.7. The molecule has 0 aliphatic carbocycles. The monoisotopic (exact) mass is 394 g/mol. The number of methoxy groups -OCH3 is 3. The van der Waals surface area contributed by atoms with Crippen LogP contribution in [0.25, 0.3) is 10.8 Å². The molecular formula is C23H22O6. The second-order valence-electron chi connectivity index (χ2n) is 6.47. The highest BCUT2D eigenvalue weighted by molar-refractivity contribution is 5.88. The summed E-state index contributed by atoms with van der Waals surface area (Å²) in [7, 11) is 4.49. The van der Waals surface area contributed by atoms with Crippen molar-refractivity contribution >= 4 is 23.0 Å². The fourth-order valence-corrected chi connectivity index (χ4v) is 3.07. The molecule has 0 saturated heterocycles. The Kier molecular flexibility index (Phi) is 6.02. The smallest absolute Gasteiger partial charge is 0.318 e. The summed E-state index contributed by atoms with van der Waals surface area (Å²) in [6, 6.07) is 14.5. The lowest BCUT2D eigenvalue weighted by molar-refractivity contribution is -0.135. The van der Waals surface area contributed by atoms with Gasteiger partial charge in [-0.1, -0.05) is 24.3 Å². The summed E-state index contributed by atoms with van der Waals surface area (Å²) in [6.07, 6.45) is 0.635. The van der Waals surface area contributed by atoms with E-state index in [0.717, 1.165) is 22.1 Å². The number of carbonyl (C=O) groups is 2. The third kappa shape index (κ3) is 4.16. The van der Waals surface area contributed by atoms with E-state index in [-0.39, 0.29) is 22.8 Å². The fourth-order valence-electron chi connectivity index (χ4n) is 3.07. The molecule has 6 nitrogen and oxygen atoms in total. The van der Waals surface area contributed by atoms with Gasteiger partial charge in [0.15, 0.2) is 6.29 Å². The minimum absolute atomic E-state index is 0.242. The number of rotatable bonds is 7. The SMILES string of the molecule is COc1ccc2cc(C(C)C(=O)Oc3cc(OC)c(C=O)c(OC)c3)ccc2c1. The average Bonchev–Trinajstić information content (AvgIpc) is 2.76. The maximum Gasteiger partial charge on any atom is 0.318 e. The minimum Gasteiger partial charge on any atom is -0.497 e. The van der Waals surface area contributed by atoms with Crippen molar-refractivity contribution in [2.24, 2.45) is 0 Å². The number of hydrogen-bond donors (Lipinski definition) is 0. The van der Waals surface area contributed by atoms with Gasteiger partial charge in [-0.05, 0) is 35.4 Å². The Hall–Kier alpha value is -3.54. The Morgan fingerprint density at radius 1 is 0.828 bits per heavy atom. The predicted octanol–water partition coefficient (Wildman–Crippen LogP) is 4.39. The summed E-state index contributed by atoms with van der Waals surface area (Å²) in [5, 5.41) is 2.02. The molecule has 1 atom stereocenters. The van der Waals surface area contributed by atoms with Gasteiger partial charge in [0, 0.05) is 12.1 Å². The predicted molar refractivity (Wildman–Crippen MR) is 109 cm³/mol. The largest absolute Gasteiger partial charge is 0.497 e. The Morgan fingerprint density at radius 2 is 1.45 bits per heavy atom. The lowest BCUT2D eigenvalue weighted by Gasteiger charge is -2.15. The van der Waals surface area contributed by atoms with Crippen LogP contribution in [0.3, 0.4) is 0 Å². The van der Waals surface area contributed by atoms with Gasteiger partial charge in [-0.3, -0.25) is 9.59 Å². The molecule has 150 valence electrons. The Labute approximate surface area is 169 Å².